The van der Waals surface area contributed by atoms with Gasteiger partial charge in [0.1, 0.15) is 0 Å². The molecule has 0 bridgehead atoms. The average molecular weight is 261 g/mol. The van der Waals surface area contributed by atoms with Crippen LogP contribution in [0.15, 0.2) is 6.07 Å². The van der Waals surface area contributed by atoms with Gasteiger partial charge in [-0.15, -0.1) is 0 Å². The zero-order valence-electron chi connectivity index (χ0n) is 12.6. The molecule has 2 aliphatic carbocycles. The van der Waals surface area contributed by atoms with Crippen LogP contribution in [0.3, 0.4) is 0 Å². The molecular weight excluding hydrogens is 234 g/mol. The lowest BCUT2D eigenvalue weighted by molar-refractivity contribution is 0.0979. The molecule has 1 atom stereocenters. The summed E-state index contributed by atoms with van der Waals surface area (Å²) in [4.78, 5) is 0. The number of hydrogen-bond donors (Lipinski definition) is 1. The van der Waals surface area contributed by atoms with E-state index in [0.717, 1.165) is 25.3 Å². The van der Waals surface area contributed by atoms with Crippen molar-refractivity contribution in [3.63, 3.8) is 0 Å². The second-order valence-corrected chi connectivity index (χ2v) is 7.49. The molecule has 106 valence electrons. The van der Waals surface area contributed by atoms with Gasteiger partial charge in [-0.3, -0.25) is 0 Å². The fraction of sp³-hybridized carbons (Fsp3) is 0.765. The minimum atomic E-state index is -0.262. The topological polar surface area (TPSA) is 25.2 Å². The minimum absolute atomic E-state index is 0.228. The molecule has 0 aromatic carbocycles. The van der Waals surface area contributed by atoms with Gasteiger partial charge in [0, 0.05) is 23.5 Å². The van der Waals surface area contributed by atoms with Crippen LogP contribution in [0.5, 0.6) is 0 Å². The predicted octanol–water partition coefficient (Wildman–Crippen LogP) is 3.99. The van der Waals surface area contributed by atoms with E-state index in [1.807, 2.05) is 0 Å². The van der Waals surface area contributed by atoms with Gasteiger partial charge in [0.2, 0.25) is 0 Å². The van der Waals surface area contributed by atoms with Gasteiger partial charge in [-0.1, -0.05) is 26.7 Å². The Kier molecular flexibility index (Phi) is 3.24. The van der Waals surface area contributed by atoms with Crippen molar-refractivity contribution in [1.82, 2.24) is 4.57 Å². The maximum atomic E-state index is 10.3. The van der Waals surface area contributed by atoms with Gasteiger partial charge in [-0.25, -0.2) is 0 Å². The number of aryl methyl sites for hydroxylation is 1. The Balaban J connectivity index is 1.79. The monoisotopic (exact) mass is 261 g/mol. The van der Waals surface area contributed by atoms with Crippen molar-refractivity contribution in [2.24, 2.45) is 11.3 Å². The van der Waals surface area contributed by atoms with Crippen molar-refractivity contribution in [3.8, 4) is 0 Å². The minimum Gasteiger partial charge on any atom is -0.388 e. The molecule has 0 aliphatic heterocycles. The fourth-order valence-electron chi connectivity index (χ4n) is 3.66. The number of aliphatic hydroxyl groups excluding tert-OH is 1. The first kappa shape index (κ1) is 13.2. The Bertz CT molecular complexity index is 468. The molecule has 19 heavy (non-hydrogen) atoms. The van der Waals surface area contributed by atoms with Crippen LogP contribution in [-0.4, -0.2) is 9.67 Å². The zero-order chi connectivity index (χ0) is 13.6. The van der Waals surface area contributed by atoms with Gasteiger partial charge in [0.25, 0.3) is 0 Å². The van der Waals surface area contributed by atoms with Gasteiger partial charge in [0.15, 0.2) is 0 Å². The number of aromatic nitrogens is 1. The lowest BCUT2D eigenvalue weighted by Gasteiger charge is -2.34. The van der Waals surface area contributed by atoms with E-state index >= 15 is 0 Å². The summed E-state index contributed by atoms with van der Waals surface area (Å²) < 4.78 is 2.47. The van der Waals surface area contributed by atoms with Crippen LogP contribution in [0.2, 0.25) is 0 Å². The summed E-state index contributed by atoms with van der Waals surface area (Å²) in [7, 11) is 0. The first-order valence-electron chi connectivity index (χ1n) is 7.83. The molecule has 2 aliphatic rings. The molecule has 2 nitrogen and oxygen atoms in total. The van der Waals surface area contributed by atoms with E-state index in [2.05, 4.69) is 31.4 Å². The summed E-state index contributed by atoms with van der Waals surface area (Å²) in [5.74, 6) is 1.02. The standard InChI is InChI=1S/C17H27NO/c1-12-9-14-15(10-17(2,3)11-16(14)19)18(12)8-4-5-13-6-7-13/h9,13,16,19H,4-8,10-11H2,1-3H3. The summed E-state index contributed by atoms with van der Waals surface area (Å²) >= 11 is 0. The fourth-order valence-corrected chi connectivity index (χ4v) is 3.66. The third-order valence-corrected chi connectivity index (χ3v) is 4.89. The number of rotatable bonds is 4. The zero-order valence-corrected chi connectivity index (χ0v) is 12.6. The largest absolute Gasteiger partial charge is 0.388 e. The number of hydrogen-bond acceptors (Lipinski definition) is 1. The maximum absolute atomic E-state index is 10.3. The van der Waals surface area contributed by atoms with E-state index in [0.29, 0.717) is 0 Å². The SMILES string of the molecule is Cc1cc2c(n1CCCC1CC1)CC(C)(C)CC2O. The summed E-state index contributed by atoms with van der Waals surface area (Å²) in [6, 6.07) is 2.21. The molecule has 2 heteroatoms. The third kappa shape index (κ3) is 2.74. The summed E-state index contributed by atoms with van der Waals surface area (Å²) in [6.07, 6.45) is 7.33. The van der Waals surface area contributed by atoms with E-state index in [1.54, 1.807) is 0 Å². The van der Waals surface area contributed by atoms with Gasteiger partial charge in [-0.2, -0.15) is 0 Å². The second-order valence-electron chi connectivity index (χ2n) is 7.49. The Labute approximate surface area is 116 Å². The highest BCUT2D eigenvalue weighted by Crippen LogP contribution is 2.42. The lowest BCUT2D eigenvalue weighted by atomic mass is 9.75. The van der Waals surface area contributed by atoms with Crippen molar-refractivity contribution in [2.75, 3.05) is 0 Å². The smallest absolute Gasteiger partial charge is 0.0812 e. The molecule has 0 amide bonds. The third-order valence-electron chi connectivity index (χ3n) is 4.89. The van der Waals surface area contributed by atoms with Crippen LogP contribution in [0.1, 0.15) is 69.0 Å². The highest BCUT2D eigenvalue weighted by Gasteiger charge is 2.34. The van der Waals surface area contributed by atoms with E-state index < -0.39 is 0 Å². The molecule has 0 spiro atoms. The Morgan fingerprint density at radius 2 is 2.11 bits per heavy atom. The van der Waals surface area contributed by atoms with E-state index in [9.17, 15) is 5.11 Å². The molecule has 1 heterocycles. The van der Waals surface area contributed by atoms with Crippen molar-refractivity contribution in [3.05, 3.63) is 23.0 Å². The lowest BCUT2D eigenvalue weighted by Crippen LogP contribution is -2.27. The molecule has 1 N–H and O–H groups in total. The van der Waals surface area contributed by atoms with Crippen LogP contribution >= 0.6 is 0 Å². The Hall–Kier alpha value is -0.760. The molecule has 1 aromatic heterocycles. The average Bonchev–Trinajstić information content (AvgIpc) is 3.06. The van der Waals surface area contributed by atoms with Crippen molar-refractivity contribution in [2.45, 2.75) is 71.9 Å². The van der Waals surface area contributed by atoms with Gasteiger partial charge in [0.05, 0.1) is 6.10 Å². The summed E-state index contributed by atoms with van der Waals surface area (Å²) in [5, 5.41) is 10.3. The molecule has 1 unspecified atom stereocenters. The van der Waals surface area contributed by atoms with E-state index in [-0.39, 0.29) is 11.5 Å². The molecule has 3 rings (SSSR count). The maximum Gasteiger partial charge on any atom is 0.0812 e. The molecule has 1 aromatic rings. The van der Waals surface area contributed by atoms with Crippen LogP contribution in [0.25, 0.3) is 0 Å². The van der Waals surface area contributed by atoms with Crippen LogP contribution in [0.4, 0.5) is 0 Å². The summed E-state index contributed by atoms with van der Waals surface area (Å²) in [6.45, 7) is 7.88. The molecule has 1 saturated carbocycles. The van der Waals surface area contributed by atoms with E-state index in [4.69, 9.17) is 0 Å². The number of fused-ring (bicyclic) bond motifs is 1. The molecule has 1 fully saturated rings. The highest BCUT2D eigenvalue weighted by molar-refractivity contribution is 5.33. The second kappa shape index (κ2) is 4.66. The van der Waals surface area contributed by atoms with Crippen molar-refractivity contribution < 1.29 is 5.11 Å². The predicted molar refractivity (Wildman–Crippen MR) is 78.2 cm³/mol. The number of nitrogens with zero attached hydrogens (tertiary/aromatic N) is 1. The van der Waals surface area contributed by atoms with Crippen LogP contribution in [-0.2, 0) is 13.0 Å². The van der Waals surface area contributed by atoms with Gasteiger partial charge in [-0.05, 0) is 50.0 Å². The van der Waals surface area contributed by atoms with Gasteiger partial charge >= 0.3 is 0 Å². The van der Waals surface area contributed by atoms with Crippen LogP contribution in [0, 0.1) is 18.3 Å². The molecular formula is C17H27NO. The quantitative estimate of drug-likeness (QED) is 0.871. The molecule has 0 saturated heterocycles. The van der Waals surface area contributed by atoms with Crippen molar-refractivity contribution in [1.29, 1.82) is 0 Å². The van der Waals surface area contributed by atoms with E-state index in [1.165, 1.54) is 42.6 Å². The molecule has 0 radical (unpaired) electrons. The number of aliphatic hydroxyl groups is 1. The first-order chi connectivity index (χ1) is 8.96. The Morgan fingerprint density at radius 3 is 2.79 bits per heavy atom. The Morgan fingerprint density at radius 1 is 1.37 bits per heavy atom. The van der Waals surface area contributed by atoms with Crippen molar-refractivity contribution >= 4 is 0 Å². The normalized spacial score (nSPS) is 25.4. The summed E-state index contributed by atoms with van der Waals surface area (Å²) in [5.41, 5.74) is 4.16. The first-order valence-corrected chi connectivity index (χ1v) is 7.83. The van der Waals surface area contributed by atoms with Gasteiger partial charge < -0.3 is 9.67 Å². The highest BCUT2D eigenvalue weighted by atomic mass is 16.3. The van der Waals surface area contributed by atoms with Crippen LogP contribution < -0.4 is 0 Å².